The van der Waals surface area contributed by atoms with Crippen molar-refractivity contribution in [1.29, 1.82) is 0 Å². The minimum Gasteiger partial charge on any atom is -0.480 e. The zero-order valence-corrected chi connectivity index (χ0v) is 27.7. The summed E-state index contributed by atoms with van der Waals surface area (Å²) < 4.78 is 1.84. The van der Waals surface area contributed by atoms with Gasteiger partial charge < -0.3 is 10.2 Å². The van der Waals surface area contributed by atoms with E-state index in [1.807, 2.05) is 50.9 Å². The normalized spacial score (nSPS) is 19.6. The molecule has 0 spiro atoms. The summed E-state index contributed by atoms with van der Waals surface area (Å²) in [6.45, 7) is 6.03. The van der Waals surface area contributed by atoms with Crippen molar-refractivity contribution in [2.45, 2.75) is 19.6 Å². The van der Waals surface area contributed by atoms with Crippen molar-refractivity contribution in [3.05, 3.63) is 83.9 Å². The van der Waals surface area contributed by atoms with Crippen molar-refractivity contribution in [2.24, 2.45) is 0 Å². The predicted octanol–water partition coefficient (Wildman–Crippen LogP) is 1.85. The minimum atomic E-state index is -0.860. The summed E-state index contributed by atoms with van der Waals surface area (Å²) in [5.41, 5.74) is 6.18. The predicted molar refractivity (Wildman–Crippen MR) is 171 cm³/mol. The van der Waals surface area contributed by atoms with Gasteiger partial charge in [-0.2, -0.15) is 0 Å². The van der Waals surface area contributed by atoms with Crippen LogP contribution in [-0.2, 0) is 29.2 Å². The topological polar surface area (TPSA) is 144 Å². The molecule has 255 valence electrons. The number of pyridine rings is 2. The van der Waals surface area contributed by atoms with E-state index in [-0.39, 0.29) is 50.0 Å². The fourth-order valence-electron chi connectivity index (χ4n) is 6.10. The molecule has 7 rings (SSSR count). The minimum absolute atomic E-state index is 0. The van der Waals surface area contributed by atoms with Gasteiger partial charge in [-0.25, -0.2) is 9.67 Å². The smallest absolute Gasteiger partial charge is 0.317 e. The van der Waals surface area contributed by atoms with E-state index >= 15 is 0 Å². The summed E-state index contributed by atoms with van der Waals surface area (Å²) in [7, 11) is 0. The number of rotatable bonds is 5. The van der Waals surface area contributed by atoms with Crippen LogP contribution < -0.4 is 0 Å². The summed E-state index contributed by atoms with van der Waals surface area (Å²) in [6.07, 6.45) is 1.72. The van der Waals surface area contributed by atoms with Gasteiger partial charge in [0.15, 0.2) is 0 Å². The van der Waals surface area contributed by atoms with Gasteiger partial charge in [0, 0.05) is 102 Å². The first-order valence-electron chi connectivity index (χ1n) is 15.6. The molecule has 1 aromatic carbocycles. The maximum absolute atomic E-state index is 11.8. The molecule has 14 heteroatoms. The van der Waals surface area contributed by atoms with Crippen LogP contribution in [0.4, 0.5) is 0 Å². The largest absolute Gasteiger partial charge is 0.480 e. The van der Waals surface area contributed by atoms with Crippen LogP contribution in [-0.4, -0.2) is 132 Å². The third-order valence-electron chi connectivity index (χ3n) is 8.46. The molecule has 1 fully saturated rings. The van der Waals surface area contributed by atoms with Crippen molar-refractivity contribution in [1.82, 2.24) is 44.6 Å². The molecule has 3 aromatic heterocycles. The van der Waals surface area contributed by atoms with E-state index < -0.39 is 11.9 Å². The number of carboxylic acids is 2. The average molecular weight is 801 g/mol. The molecule has 47 heavy (non-hydrogen) atoms. The van der Waals surface area contributed by atoms with Gasteiger partial charge in [-0.15, -0.1) is 5.10 Å². The van der Waals surface area contributed by atoms with Crippen LogP contribution in [0.2, 0.25) is 0 Å². The molecule has 0 atom stereocenters. The number of hydrogen-bond acceptors (Lipinski definition) is 10. The molecule has 13 nitrogen and oxygen atoms in total. The molecular formula is C33H39LuN9O4. The van der Waals surface area contributed by atoms with Gasteiger partial charge >= 0.3 is 11.9 Å². The fourth-order valence-corrected chi connectivity index (χ4v) is 6.10. The Kier molecular flexibility index (Phi) is 12.4. The van der Waals surface area contributed by atoms with Gasteiger partial charge in [-0.05, 0) is 35.4 Å². The molecule has 1 saturated heterocycles. The fraction of sp³-hybridized carbons (Fsp3) is 0.394. The van der Waals surface area contributed by atoms with Crippen LogP contribution in [0, 0.1) is 36.9 Å². The maximum Gasteiger partial charge on any atom is 0.317 e. The van der Waals surface area contributed by atoms with Crippen LogP contribution >= 0.6 is 0 Å². The van der Waals surface area contributed by atoms with Gasteiger partial charge in [0.05, 0.1) is 48.6 Å². The Morgan fingerprint density at radius 2 is 1.21 bits per heavy atom. The number of aromatic nitrogens is 5. The van der Waals surface area contributed by atoms with Crippen molar-refractivity contribution in [2.75, 3.05) is 65.4 Å². The van der Waals surface area contributed by atoms with E-state index in [0.717, 1.165) is 39.6 Å². The molecule has 6 heterocycles. The van der Waals surface area contributed by atoms with E-state index in [1.165, 1.54) is 0 Å². The van der Waals surface area contributed by atoms with Gasteiger partial charge in [-0.1, -0.05) is 41.6 Å². The van der Waals surface area contributed by atoms with E-state index in [9.17, 15) is 19.8 Å². The molecule has 3 aliphatic rings. The van der Waals surface area contributed by atoms with Crippen LogP contribution in [0.15, 0.2) is 66.9 Å². The van der Waals surface area contributed by atoms with Gasteiger partial charge in [0.25, 0.3) is 0 Å². The van der Waals surface area contributed by atoms with Gasteiger partial charge in [0.1, 0.15) is 5.69 Å². The van der Waals surface area contributed by atoms with E-state index in [2.05, 4.69) is 44.4 Å². The zero-order chi connectivity index (χ0) is 31.9. The second kappa shape index (κ2) is 16.7. The quantitative estimate of drug-likeness (QED) is 0.304. The first-order valence-corrected chi connectivity index (χ1v) is 15.6. The average Bonchev–Trinajstić information content (AvgIpc) is 3.50. The Labute approximate surface area is 303 Å². The van der Waals surface area contributed by atoms with E-state index in [1.54, 1.807) is 6.20 Å². The standard InChI is InChI=1S/C33H39N9O4.Lu/c43-32(44)23-40-13-9-38-10-14-41(24-33(45)46)16-12-39(11-15-40)21-28-17-26(25-5-2-1-3-6-25)18-29(35-28)22-42-31(19-34-37-42)30-8-4-7-27(20-38)36-30;/h1-8,17-19H,9-16,20-24H2,(H,43,44)(H,45,46);. The third kappa shape index (κ3) is 9.85. The summed E-state index contributed by atoms with van der Waals surface area (Å²) in [5, 5.41) is 28.0. The van der Waals surface area contributed by atoms with Gasteiger partial charge in [0.2, 0.25) is 0 Å². The van der Waals surface area contributed by atoms with Crippen LogP contribution in [0.25, 0.3) is 22.5 Å². The SMILES string of the molecule is O=C(O)CN1CCN2CCN(CC(=O)O)CCN(CC1)Cc1cccc(n1)-c1cnnn1Cc1cc(-c3ccccc3)cc(n1)C2.[Lu]. The van der Waals surface area contributed by atoms with Crippen LogP contribution in [0.5, 0.6) is 0 Å². The number of aliphatic carboxylic acids is 2. The van der Waals surface area contributed by atoms with Gasteiger partial charge in [-0.3, -0.25) is 34.2 Å². The number of fused-ring (bicyclic) bond motifs is 8. The Bertz CT molecular complexity index is 1620. The number of hydrogen-bond donors (Lipinski definition) is 2. The van der Waals surface area contributed by atoms with Crippen molar-refractivity contribution in [3.63, 3.8) is 0 Å². The summed E-state index contributed by atoms with van der Waals surface area (Å²) in [6, 6.07) is 20.2. The molecule has 0 aliphatic carbocycles. The monoisotopic (exact) mass is 800 g/mol. The Morgan fingerprint density at radius 3 is 1.81 bits per heavy atom. The number of nitrogens with zero attached hydrogens (tertiary/aromatic N) is 9. The Morgan fingerprint density at radius 1 is 0.638 bits per heavy atom. The summed E-state index contributed by atoms with van der Waals surface area (Å²) in [5.74, 6) is -1.72. The Hall–Kier alpha value is -3.33. The van der Waals surface area contributed by atoms with E-state index in [4.69, 9.17) is 9.97 Å². The maximum atomic E-state index is 11.8. The van der Waals surface area contributed by atoms with Crippen LogP contribution in [0.1, 0.15) is 17.1 Å². The first kappa shape index (κ1) is 35.0. The first-order chi connectivity index (χ1) is 22.4. The van der Waals surface area contributed by atoms with E-state index in [0.29, 0.717) is 72.0 Å². The third-order valence-corrected chi connectivity index (χ3v) is 8.46. The molecule has 6 bridgehead atoms. The number of carboxylic acid groups (broad SMARTS) is 2. The molecule has 4 aromatic rings. The molecule has 3 aliphatic heterocycles. The second-order valence-electron chi connectivity index (χ2n) is 11.9. The summed E-state index contributed by atoms with van der Waals surface area (Å²) >= 11 is 0. The molecule has 0 amide bonds. The van der Waals surface area contributed by atoms with Crippen molar-refractivity contribution < 1.29 is 56.7 Å². The van der Waals surface area contributed by atoms with Crippen LogP contribution in [0.3, 0.4) is 0 Å². The van der Waals surface area contributed by atoms with Crippen molar-refractivity contribution in [3.8, 4) is 22.5 Å². The van der Waals surface area contributed by atoms with Crippen molar-refractivity contribution >= 4 is 11.9 Å². The second-order valence-corrected chi connectivity index (χ2v) is 11.9. The molecular weight excluding hydrogens is 761 g/mol. The molecule has 0 saturated carbocycles. The Balaban J connectivity index is 0.00000433. The molecule has 0 unspecified atom stereocenters. The molecule has 1 radical (unpaired) electrons. The number of benzene rings is 1. The summed E-state index contributed by atoms with van der Waals surface area (Å²) in [4.78, 5) is 42.2. The number of carbonyl (C=O) groups is 2. The zero-order valence-electron chi connectivity index (χ0n) is 26.0. The molecule has 2 N–H and O–H groups in total.